The van der Waals surface area contributed by atoms with Crippen LogP contribution < -0.4 is 10.6 Å². The molecule has 0 radical (unpaired) electrons. The van der Waals surface area contributed by atoms with Crippen LogP contribution in [-0.2, 0) is 0 Å². The number of carbonyl (C=O) groups is 1. The van der Waals surface area contributed by atoms with Crippen molar-refractivity contribution in [3.05, 3.63) is 60.2 Å². The summed E-state index contributed by atoms with van der Waals surface area (Å²) in [6.45, 7) is 5.87. The largest absolute Gasteiger partial charge is 0.353 e. The van der Waals surface area contributed by atoms with E-state index in [1.54, 1.807) is 0 Å². The fourth-order valence-electron chi connectivity index (χ4n) is 2.15. The van der Waals surface area contributed by atoms with Gasteiger partial charge in [-0.1, -0.05) is 30.4 Å². The summed E-state index contributed by atoms with van der Waals surface area (Å²) in [7, 11) is 0. The SMILES string of the molecule is C=C(C)c1ccc2c(c1)NC(=O)c1ccccc1N2. The van der Waals surface area contributed by atoms with Crippen LogP contribution in [-0.4, -0.2) is 5.91 Å². The smallest absolute Gasteiger partial charge is 0.257 e. The Morgan fingerprint density at radius 1 is 1.00 bits per heavy atom. The van der Waals surface area contributed by atoms with Gasteiger partial charge in [-0.3, -0.25) is 4.79 Å². The number of benzene rings is 2. The number of nitrogens with one attached hydrogen (secondary N) is 2. The number of amides is 1. The van der Waals surface area contributed by atoms with Crippen molar-refractivity contribution in [1.29, 1.82) is 0 Å². The zero-order valence-electron chi connectivity index (χ0n) is 10.7. The molecule has 2 aromatic carbocycles. The number of hydrogen-bond acceptors (Lipinski definition) is 2. The van der Waals surface area contributed by atoms with Crippen molar-refractivity contribution in [3.8, 4) is 0 Å². The molecule has 0 unspecified atom stereocenters. The molecular weight excluding hydrogens is 236 g/mol. The molecule has 0 fully saturated rings. The van der Waals surface area contributed by atoms with Crippen molar-refractivity contribution in [3.63, 3.8) is 0 Å². The van der Waals surface area contributed by atoms with Gasteiger partial charge in [-0.05, 0) is 36.8 Å². The fraction of sp³-hybridized carbons (Fsp3) is 0.0625. The van der Waals surface area contributed by atoms with E-state index in [1.165, 1.54) is 0 Å². The van der Waals surface area contributed by atoms with E-state index in [1.807, 2.05) is 49.4 Å². The average molecular weight is 250 g/mol. The third-order valence-corrected chi connectivity index (χ3v) is 3.20. The zero-order valence-corrected chi connectivity index (χ0v) is 10.7. The normalized spacial score (nSPS) is 12.6. The maximum atomic E-state index is 12.2. The van der Waals surface area contributed by atoms with Gasteiger partial charge in [0, 0.05) is 0 Å². The van der Waals surface area contributed by atoms with Crippen LogP contribution in [0.1, 0.15) is 22.8 Å². The Hall–Kier alpha value is -2.55. The number of allylic oxidation sites excluding steroid dienone is 1. The maximum Gasteiger partial charge on any atom is 0.257 e. The second-order valence-electron chi connectivity index (χ2n) is 4.67. The number of para-hydroxylation sites is 1. The van der Waals surface area contributed by atoms with E-state index < -0.39 is 0 Å². The van der Waals surface area contributed by atoms with Crippen molar-refractivity contribution in [2.45, 2.75) is 6.92 Å². The number of fused-ring (bicyclic) bond motifs is 2. The molecular formula is C16H14N2O. The van der Waals surface area contributed by atoms with Gasteiger partial charge in [0.25, 0.3) is 5.91 Å². The summed E-state index contributed by atoms with van der Waals surface area (Å²) >= 11 is 0. The first-order chi connectivity index (χ1) is 9.15. The molecule has 2 N–H and O–H groups in total. The fourth-order valence-corrected chi connectivity index (χ4v) is 2.15. The van der Waals surface area contributed by atoms with E-state index in [4.69, 9.17) is 0 Å². The van der Waals surface area contributed by atoms with Gasteiger partial charge in [-0.2, -0.15) is 0 Å². The molecule has 3 nitrogen and oxygen atoms in total. The molecule has 0 bridgehead atoms. The highest BCUT2D eigenvalue weighted by Crippen LogP contribution is 2.33. The summed E-state index contributed by atoms with van der Waals surface area (Å²) in [6, 6.07) is 13.4. The first-order valence-corrected chi connectivity index (χ1v) is 6.12. The zero-order chi connectivity index (χ0) is 13.4. The molecule has 0 aromatic heterocycles. The molecule has 3 rings (SSSR count). The molecule has 1 aliphatic heterocycles. The topological polar surface area (TPSA) is 41.1 Å². The van der Waals surface area contributed by atoms with Crippen LogP contribution in [0.3, 0.4) is 0 Å². The molecule has 19 heavy (non-hydrogen) atoms. The predicted molar refractivity (Wildman–Crippen MR) is 78.8 cm³/mol. The Bertz CT molecular complexity index is 689. The van der Waals surface area contributed by atoms with Crippen molar-refractivity contribution in [2.24, 2.45) is 0 Å². The predicted octanol–water partition coefficient (Wildman–Crippen LogP) is 4.03. The standard InChI is InChI=1S/C16H14N2O/c1-10(2)11-7-8-14-15(9-11)18-16(19)12-5-3-4-6-13(12)17-14/h3-9,17H,1H2,2H3,(H,18,19). The van der Waals surface area contributed by atoms with Gasteiger partial charge in [0.1, 0.15) is 0 Å². The van der Waals surface area contributed by atoms with Crippen molar-refractivity contribution in [2.75, 3.05) is 10.6 Å². The number of hydrogen-bond donors (Lipinski definition) is 2. The minimum Gasteiger partial charge on any atom is -0.353 e. The highest BCUT2D eigenvalue weighted by molar-refractivity contribution is 6.12. The van der Waals surface area contributed by atoms with Gasteiger partial charge >= 0.3 is 0 Å². The third kappa shape index (κ3) is 1.99. The number of anilines is 3. The van der Waals surface area contributed by atoms with Crippen LogP contribution >= 0.6 is 0 Å². The summed E-state index contributed by atoms with van der Waals surface area (Å²) < 4.78 is 0. The van der Waals surface area contributed by atoms with E-state index >= 15 is 0 Å². The highest BCUT2D eigenvalue weighted by atomic mass is 16.1. The lowest BCUT2D eigenvalue weighted by Gasteiger charge is -2.10. The average Bonchev–Trinajstić information content (AvgIpc) is 2.54. The molecule has 0 saturated carbocycles. The van der Waals surface area contributed by atoms with Crippen LogP contribution in [0.25, 0.3) is 5.57 Å². The molecule has 2 aromatic rings. The Kier molecular flexibility index (Phi) is 2.60. The van der Waals surface area contributed by atoms with E-state index in [-0.39, 0.29) is 5.91 Å². The van der Waals surface area contributed by atoms with Gasteiger partial charge in [-0.15, -0.1) is 0 Å². The lowest BCUT2D eigenvalue weighted by molar-refractivity contribution is 0.102. The summed E-state index contributed by atoms with van der Waals surface area (Å²) in [5.74, 6) is -0.0966. The molecule has 0 atom stereocenters. The molecule has 1 amide bonds. The summed E-state index contributed by atoms with van der Waals surface area (Å²) in [5.41, 5.74) is 5.13. The molecule has 0 saturated heterocycles. The van der Waals surface area contributed by atoms with E-state index in [0.717, 1.165) is 28.2 Å². The molecule has 94 valence electrons. The van der Waals surface area contributed by atoms with E-state index in [9.17, 15) is 4.79 Å². The minimum absolute atomic E-state index is 0.0966. The summed E-state index contributed by atoms with van der Waals surface area (Å²) in [6.07, 6.45) is 0. The summed E-state index contributed by atoms with van der Waals surface area (Å²) in [5, 5.41) is 6.22. The Balaban J connectivity index is 2.12. The van der Waals surface area contributed by atoms with Crippen molar-refractivity contribution < 1.29 is 4.79 Å². The van der Waals surface area contributed by atoms with Gasteiger partial charge in [0.15, 0.2) is 0 Å². The second kappa shape index (κ2) is 4.28. The molecule has 0 aliphatic carbocycles. The number of rotatable bonds is 1. The van der Waals surface area contributed by atoms with Gasteiger partial charge < -0.3 is 10.6 Å². The molecule has 1 heterocycles. The maximum absolute atomic E-state index is 12.2. The van der Waals surface area contributed by atoms with Crippen LogP contribution in [0.5, 0.6) is 0 Å². The van der Waals surface area contributed by atoms with E-state index in [2.05, 4.69) is 17.2 Å². The van der Waals surface area contributed by atoms with Gasteiger partial charge in [0.2, 0.25) is 0 Å². The lowest BCUT2D eigenvalue weighted by atomic mass is 10.1. The Labute approximate surface area is 112 Å². The summed E-state index contributed by atoms with van der Waals surface area (Å²) in [4.78, 5) is 12.2. The monoisotopic (exact) mass is 250 g/mol. The molecule has 0 spiro atoms. The van der Waals surface area contributed by atoms with Crippen LogP contribution in [0, 0.1) is 0 Å². The first kappa shape index (κ1) is 11.5. The number of carbonyl (C=O) groups excluding carboxylic acids is 1. The second-order valence-corrected chi connectivity index (χ2v) is 4.67. The molecule has 1 aliphatic rings. The third-order valence-electron chi connectivity index (χ3n) is 3.20. The van der Waals surface area contributed by atoms with Crippen molar-refractivity contribution in [1.82, 2.24) is 0 Å². The lowest BCUT2D eigenvalue weighted by Crippen LogP contribution is -2.10. The molecule has 3 heteroatoms. The van der Waals surface area contributed by atoms with Crippen molar-refractivity contribution >= 4 is 28.5 Å². The van der Waals surface area contributed by atoms with Gasteiger partial charge in [-0.25, -0.2) is 0 Å². The minimum atomic E-state index is -0.0966. The Morgan fingerprint density at radius 2 is 1.79 bits per heavy atom. The van der Waals surface area contributed by atoms with Gasteiger partial charge in [0.05, 0.1) is 22.6 Å². The van der Waals surface area contributed by atoms with Crippen LogP contribution in [0.4, 0.5) is 17.1 Å². The van der Waals surface area contributed by atoms with Crippen LogP contribution in [0.15, 0.2) is 49.0 Å². The Morgan fingerprint density at radius 3 is 2.58 bits per heavy atom. The van der Waals surface area contributed by atoms with Crippen LogP contribution in [0.2, 0.25) is 0 Å². The van der Waals surface area contributed by atoms with E-state index in [0.29, 0.717) is 5.56 Å². The quantitative estimate of drug-likeness (QED) is 0.802. The highest BCUT2D eigenvalue weighted by Gasteiger charge is 2.18. The first-order valence-electron chi connectivity index (χ1n) is 6.12.